The van der Waals surface area contributed by atoms with Crippen LogP contribution < -0.4 is 0 Å². The highest BCUT2D eigenvalue weighted by Crippen LogP contribution is 2.28. The molecule has 0 aromatic carbocycles. The number of nitrogens with zero attached hydrogens (tertiary/aromatic N) is 1. The molecule has 0 unspecified atom stereocenters. The van der Waals surface area contributed by atoms with Crippen LogP contribution in [-0.2, 0) is 4.74 Å². The first-order valence-electron chi connectivity index (χ1n) is 5.48. The van der Waals surface area contributed by atoms with Gasteiger partial charge in [-0.1, -0.05) is 25.7 Å². The summed E-state index contributed by atoms with van der Waals surface area (Å²) in [4.78, 5) is 14.3. The van der Waals surface area contributed by atoms with Gasteiger partial charge in [0.25, 0.3) is 0 Å². The molecular formula is C11H19NO2. The van der Waals surface area contributed by atoms with E-state index >= 15 is 0 Å². The Kier molecular flexibility index (Phi) is 5.27. The van der Waals surface area contributed by atoms with Crippen molar-refractivity contribution >= 4 is 12.3 Å². The Hall–Kier alpha value is -0.860. The maximum absolute atomic E-state index is 10.8. The minimum atomic E-state index is -0.459. The molecule has 80 valence electrons. The number of rotatable bonds is 4. The topological polar surface area (TPSA) is 38.7 Å². The van der Waals surface area contributed by atoms with Gasteiger partial charge in [-0.2, -0.15) is 4.99 Å². The largest absolute Gasteiger partial charge is 0.448 e. The lowest BCUT2D eigenvalue weighted by molar-refractivity contribution is 0.153. The van der Waals surface area contributed by atoms with E-state index in [1.165, 1.54) is 38.3 Å². The summed E-state index contributed by atoms with van der Waals surface area (Å²) in [7, 11) is 0. The van der Waals surface area contributed by atoms with E-state index in [0.717, 1.165) is 12.3 Å². The zero-order valence-corrected chi connectivity index (χ0v) is 8.87. The third kappa shape index (κ3) is 4.40. The highest BCUT2D eigenvalue weighted by molar-refractivity contribution is 5.78. The van der Waals surface area contributed by atoms with Crippen molar-refractivity contribution < 1.29 is 9.53 Å². The van der Waals surface area contributed by atoms with Crippen LogP contribution in [0.15, 0.2) is 4.99 Å². The van der Waals surface area contributed by atoms with Crippen molar-refractivity contribution in [1.82, 2.24) is 0 Å². The van der Waals surface area contributed by atoms with Gasteiger partial charge in [0.2, 0.25) is 0 Å². The fraction of sp³-hybridized carbons (Fsp3) is 0.818. The second-order valence-electron chi connectivity index (χ2n) is 3.79. The van der Waals surface area contributed by atoms with Gasteiger partial charge in [-0.05, 0) is 25.7 Å². The van der Waals surface area contributed by atoms with Crippen LogP contribution in [0.1, 0.15) is 45.4 Å². The smallest absolute Gasteiger partial charge is 0.433 e. The Bertz CT molecular complexity index is 195. The van der Waals surface area contributed by atoms with Crippen LogP contribution in [0.4, 0.5) is 4.79 Å². The first-order valence-corrected chi connectivity index (χ1v) is 5.48. The fourth-order valence-electron chi connectivity index (χ4n) is 1.97. The minimum Gasteiger partial charge on any atom is -0.448 e. The molecule has 14 heavy (non-hydrogen) atoms. The lowest BCUT2D eigenvalue weighted by Crippen LogP contribution is -2.03. The minimum absolute atomic E-state index is 0.459. The summed E-state index contributed by atoms with van der Waals surface area (Å²) in [5.41, 5.74) is 0. The lowest BCUT2D eigenvalue weighted by Gasteiger charge is -2.07. The molecule has 0 spiro atoms. The molecule has 0 aromatic heterocycles. The Balaban J connectivity index is 1.95. The van der Waals surface area contributed by atoms with Gasteiger partial charge in [-0.15, -0.1) is 0 Å². The lowest BCUT2D eigenvalue weighted by atomic mass is 10.0. The summed E-state index contributed by atoms with van der Waals surface area (Å²) in [5, 5.41) is 0. The van der Waals surface area contributed by atoms with E-state index in [1.807, 2.05) is 0 Å². The van der Waals surface area contributed by atoms with E-state index in [-0.39, 0.29) is 0 Å². The summed E-state index contributed by atoms with van der Waals surface area (Å²) in [6, 6.07) is 0. The van der Waals surface area contributed by atoms with E-state index in [2.05, 4.69) is 4.99 Å². The van der Waals surface area contributed by atoms with Crippen molar-refractivity contribution in [2.24, 2.45) is 10.9 Å². The molecule has 3 nitrogen and oxygen atoms in total. The molecule has 1 amide bonds. The van der Waals surface area contributed by atoms with Crippen LogP contribution in [0, 0.1) is 5.92 Å². The number of ether oxygens (including phenoxy) is 1. The van der Waals surface area contributed by atoms with Gasteiger partial charge in [0, 0.05) is 6.21 Å². The second-order valence-corrected chi connectivity index (χ2v) is 3.79. The number of carbonyl (C=O) groups excluding carboxylic acids is 1. The summed E-state index contributed by atoms with van der Waals surface area (Å²) >= 11 is 0. The van der Waals surface area contributed by atoms with Crippen LogP contribution in [0.3, 0.4) is 0 Å². The van der Waals surface area contributed by atoms with Gasteiger partial charge in [0.05, 0.1) is 6.61 Å². The number of carbonyl (C=O) groups is 1. The standard InChI is InChI=1S/C11H19NO2/c1-2-12-11(13)14-9-5-8-10-6-3-4-7-10/h2,10H,3-9H2,1H3. The molecule has 0 bridgehead atoms. The third-order valence-corrected chi connectivity index (χ3v) is 2.69. The van der Waals surface area contributed by atoms with E-state index in [4.69, 9.17) is 4.74 Å². The van der Waals surface area contributed by atoms with Gasteiger partial charge < -0.3 is 4.74 Å². The molecule has 0 radical (unpaired) electrons. The summed E-state index contributed by atoms with van der Waals surface area (Å²) in [5.74, 6) is 0.878. The Labute approximate surface area is 85.6 Å². The van der Waals surface area contributed by atoms with E-state index < -0.39 is 6.09 Å². The van der Waals surface area contributed by atoms with E-state index in [0.29, 0.717) is 6.61 Å². The molecule has 1 aliphatic rings. The quantitative estimate of drug-likeness (QED) is 0.513. The number of hydrogen-bond donors (Lipinski definition) is 0. The van der Waals surface area contributed by atoms with Gasteiger partial charge in [0.15, 0.2) is 0 Å². The predicted octanol–water partition coefficient (Wildman–Crippen LogP) is 3.18. The number of aliphatic imine (C=N–C) groups is 1. The molecule has 0 aromatic rings. The number of hydrogen-bond acceptors (Lipinski definition) is 2. The maximum Gasteiger partial charge on any atom is 0.433 e. The predicted molar refractivity (Wildman–Crippen MR) is 56.7 cm³/mol. The summed E-state index contributed by atoms with van der Waals surface area (Å²) in [6.45, 7) is 2.23. The molecule has 1 saturated carbocycles. The van der Waals surface area contributed by atoms with E-state index in [9.17, 15) is 4.79 Å². The average molecular weight is 197 g/mol. The molecule has 1 fully saturated rings. The average Bonchev–Trinajstić information content (AvgIpc) is 2.65. The van der Waals surface area contributed by atoms with Crippen molar-refractivity contribution in [3.8, 4) is 0 Å². The highest BCUT2D eigenvalue weighted by Gasteiger charge is 2.14. The molecule has 1 rings (SSSR count). The van der Waals surface area contributed by atoms with Crippen molar-refractivity contribution in [3.05, 3.63) is 0 Å². The maximum atomic E-state index is 10.8. The van der Waals surface area contributed by atoms with Gasteiger partial charge in [-0.25, -0.2) is 4.79 Å². The van der Waals surface area contributed by atoms with Gasteiger partial charge in [0.1, 0.15) is 0 Å². The van der Waals surface area contributed by atoms with Crippen molar-refractivity contribution in [2.75, 3.05) is 6.61 Å². The summed E-state index contributed by atoms with van der Waals surface area (Å²) in [6.07, 6.45) is 8.66. The zero-order valence-electron chi connectivity index (χ0n) is 8.87. The van der Waals surface area contributed by atoms with Gasteiger partial charge >= 0.3 is 6.09 Å². The normalized spacial score (nSPS) is 17.8. The van der Waals surface area contributed by atoms with Gasteiger partial charge in [-0.3, -0.25) is 0 Å². The monoisotopic (exact) mass is 197 g/mol. The van der Waals surface area contributed by atoms with Crippen LogP contribution >= 0.6 is 0 Å². The molecule has 3 heteroatoms. The Morgan fingerprint density at radius 1 is 1.50 bits per heavy atom. The number of amides is 1. The molecule has 0 heterocycles. The SMILES string of the molecule is CC=NC(=O)OCCCC1CCCC1. The Morgan fingerprint density at radius 2 is 2.21 bits per heavy atom. The Morgan fingerprint density at radius 3 is 2.86 bits per heavy atom. The van der Waals surface area contributed by atoms with Crippen molar-refractivity contribution in [2.45, 2.75) is 45.4 Å². The fourth-order valence-corrected chi connectivity index (χ4v) is 1.97. The molecule has 0 aliphatic heterocycles. The van der Waals surface area contributed by atoms with Crippen molar-refractivity contribution in [1.29, 1.82) is 0 Å². The van der Waals surface area contributed by atoms with Crippen molar-refractivity contribution in [3.63, 3.8) is 0 Å². The zero-order chi connectivity index (χ0) is 10.2. The van der Waals surface area contributed by atoms with Crippen LogP contribution in [-0.4, -0.2) is 18.9 Å². The molecule has 0 atom stereocenters. The molecule has 1 aliphatic carbocycles. The summed E-state index contributed by atoms with van der Waals surface area (Å²) < 4.78 is 4.91. The van der Waals surface area contributed by atoms with Crippen LogP contribution in [0.2, 0.25) is 0 Å². The molecule has 0 N–H and O–H groups in total. The van der Waals surface area contributed by atoms with E-state index in [1.54, 1.807) is 6.92 Å². The highest BCUT2D eigenvalue weighted by atomic mass is 16.5. The third-order valence-electron chi connectivity index (χ3n) is 2.69. The molecule has 0 saturated heterocycles. The first kappa shape index (κ1) is 11.2. The van der Waals surface area contributed by atoms with Crippen LogP contribution in [0.5, 0.6) is 0 Å². The first-order chi connectivity index (χ1) is 6.83. The molecular weight excluding hydrogens is 178 g/mol. The van der Waals surface area contributed by atoms with Crippen LogP contribution in [0.25, 0.3) is 0 Å². The second kappa shape index (κ2) is 6.57.